The van der Waals surface area contributed by atoms with E-state index in [1.165, 1.54) is 16.3 Å². The zero-order valence-corrected chi connectivity index (χ0v) is 18.8. The second-order valence-corrected chi connectivity index (χ2v) is 9.51. The molecule has 1 aromatic rings. The number of rotatable bonds is 4. The van der Waals surface area contributed by atoms with Crippen LogP contribution in [0.4, 0.5) is 5.82 Å². The van der Waals surface area contributed by atoms with Crippen LogP contribution in [0, 0.1) is 18.3 Å². The van der Waals surface area contributed by atoms with E-state index >= 15 is 0 Å². The van der Waals surface area contributed by atoms with Gasteiger partial charge in [-0.1, -0.05) is 24.0 Å². The van der Waals surface area contributed by atoms with Gasteiger partial charge in [0.05, 0.1) is 17.6 Å². The van der Waals surface area contributed by atoms with Crippen molar-refractivity contribution in [3.63, 3.8) is 0 Å². The highest BCUT2D eigenvalue weighted by atomic mass is 32.2. The Kier molecular flexibility index (Phi) is 6.00. The SMILES string of the molecule is Cc1c(/C=C2/SC(=S)N(C[C@H]3CCCO3)C2=O)c(N2CCCC2)n(C)c(=O)c1C#N. The molecular formula is C21H24N4O3S2. The molecule has 0 bridgehead atoms. The van der Waals surface area contributed by atoms with Gasteiger partial charge in [0.15, 0.2) is 0 Å². The molecule has 3 aliphatic heterocycles. The number of anilines is 1. The van der Waals surface area contributed by atoms with Crippen molar-refractivity contribution >= 4 is 46.1 Å². The molecular weight excluding hydrogens is 420 g/mol. The Labute approximate surface area is 185 Å². The van der Waals surface area contributed by atoms with Gasteiger partial charge in [0.25, 0.3) is 11.5 Å². The van der Waals surface area contributed by atoms with E-state index in [9.17, 15) is 14.9 Å². The summed E-state index contributed by atoms with van der Waals surface area (Å²) in [6.07, 6.45) is 5.87. The summed E-state index contributed by atoms with van der Waals surface area (Å²) in [7, 11) is 1.69. The zero-order valence-electron chi connectivity index (χ0n) is 17.1. The largest absolute Gasteiger partial charge is 0.376 e. The molecule has 3 saturated heterocycles. The van der Waals surface area contributed by atoms with Crippen LogP contribution < -0.4 is 10.5 Å². The summed E-state index contributed by atoms with van der Waals surface area (Å²) in [4.78, 5) is 30.1. The van der Waals surface area contributed by atoms with Gasteiger partial charge < -0.3 is 9.64 Å². The van der Waals surface area contributed by atoms with Crippen molar-refractivity contribution in [1.29, 1.82) is 5.26 Å². The van der Waals surface area contributed by atoms with Gasteiger partial charge in [-0.3, -0.25) is 19.1 Å². The van der Waals surface area contributed by atoms with Gasteiger partial charge in [0, 0.05) is 32.3 Å². The number of aromatic nitrogens is 1. The Morgan fingerprint density at radius 1 is 1.30 bits per heavy atom. The topological polar surface area (TPSA) is 78.6 Å². The first-order valence-corrected chi connectivity index (χ1v) is 11.4. The standard InChI is InChI=1S/C21H24N4O3S2/c1-13-15(18(24-7-3-4-8-24)23(2)19(26)16(13)11-22)10-17-20(27)25(21(29)30-17)12-14-6-5-9-28-14/h10,14H,3-9,12H2,1-2H3/b17-10+/t14-/m1/s1. The maximum atomic E-state index is 13.1. The third-order valence-electron chi connectivity index (χ3n) is 5.93. The molecule has 4 heterocycles. The number of pyridine rings is 1. The second kappa shape index (κ2) is 8.53. The summed E-state index contributed by atoms with van der Waals surface area (Å²) in [6, 6.07) is 2.04. The van der Waals surface area contributed by atoms with Crippen LogP contribution in [0.1, 0.15) is 42.4 Å². The van der Waals surface area contributed by atoms with Crippen LogP contribution in [0.2, 0.25) is 0 Å². The maximum Gasteiger partial charge on any atom is 0.270 e. The summed E-state index contributed by atoms with van der Waals surface area (Å²) in [5, 5.41) is 9.55. The third-order valence-corrected chi connectivity index (χ3v) is 7.31. The highest BCUT2D eigenvalue weighted by molar-refractivity contribution is 8.26. The summed E-state index contributed by atoms with van der Waals surface area (Å²) >= 11 is 6.74. The van der Waals surface area contributed by atoms with Crippen molar-refractivity contribution in [1.82, 2.24) is 9.47 Å². The Morgan fingerprint density at radius 2 is 2.03 bits per heavy atom. The number of nitrogens with zero attached hydrogens (tertiary/aromatic N) is 4. The predicted molar refractivity (Wildman–Crippen MR) is 121 cm³/mol. The molecule has 0 aromatic carbocycles. The van der Waals surface area contributed by atoms with Gasteiger partial charge in [-0.2, -0.15) is 5.26 Å². The molecule has 4 rings (SSSR count). The molecule has 0 radical (unpaired) electrons. The normalized spacial score (nSPS) is 23.1. The van der Waals surface area contributed by atoms with E-state index in [4.69, 9.17) is 17.0 Å². The molecule has 3 fully saturated rings. The van der Waals surface area contributed by atoms with Gasteiger partial charge in [0.2, 0.25) is 0 Å². The molecule has 0 spiro atoms. The van der Waals surface area contributed by atoms with Crippen molar-refractivity contribution in [2.24, 2.45) is 7.05 Å². The van der Waals surface area contributed by atoms with Gasteiger partial charge >= 0.3 is 0 Å². The minimum absolute atomic E-state index is 0.0245. The second-order valence-electron chi connectivity index (χ2n) is 7.83. The molecule has 0 unspecified atom stereocenters. The fraction of sp³-hybridized carbons (Fsp3) is 0.524. The number of carbonyl (C=O) groups excluding carboxylic acids is 1. The number of hydrogen-bond donors (Lipinski definition) is 0. The van der Waals surface area contributed by atoms with E-state index in [1.54, 1.807) is 24.9 Å². The molecule has 0 saturated carbocycles. The van der Waals surface area contributed by atoms with E-state index in [0.29, 0.717) is 21.3 Å². The first kappa shape index (κ1) is 21.1. The number of hydrogen-bond acceptors (Lipinski definition) is 7. The number of ether oxygens (including phenoxy) is 1. The molecule has 30 heavy (non-hydrogen) atoms. The Balaban J connectivity index is 1.76. The van der Waals surface area contributed by atoms with Crippen molar-refractivity contribution in [2.45, 2.75) is 38.7 Å². The van der Waals surface area contributed by atoms with E-state index in [0.717, 1.165) is 56.8 Å². The highest BCUT2D eigenvalue weighted by Crippen LogP contribution is 2.36. The number of amides is 1. The average Bonchev–Trinajstić information content (AvgIpc) is 3.47. The fourth-order valence-corrected chi connectivity index (χ4v) is 5.56. The molecule has 1 amide bonds. The fourth-order valence-electron chi connectivity index (χ4n) is 4.30. The first-order chi connectivity index (χ1) is 14.4. The molecule has 7 nitrogen and oxygen atoms in total. The Hall–Kier alpha value is -2.15. The summed E-state index contributed by atoms with van der Waals surface area (Å²) in [5.41, 5.74) is 1.15. The van der Waals surface area contributed by atoms with Crippen molar-refractivity contribution in [3.8, 4) is 6.07 Å². The number of thiocarbonyl (C=S) groups is 1. The summed E-state index contributed by atoms with van der Waals surface area (Å²) in [6.45, 7) is 4.66. The van der Waals surface area contributed by atoms with Crippen molar-refractivity contribution in [2.75, 3.05) is 31.1 Å². The summed E-state index contributed by atoms with van der Waals surface area (Å²) < 4.78 is 7.73. The Bertz CT molecular complexity index is 1030. The molecule has 9 heteroatoms. The lowest BCUT2D eigenvalue weighted by molar-refractivity contribution is -0.123. The van der Waals surface area contributed by atoms with Crippen LogP contribution in [0.3, 0.4) is 0 Å². The van der Waals surface area contributed by atoms with Gasteiger partial charge in [-0.25, -0.2) is 0 Å². The quantitative estimate of drug-likeness (QED) is 0.522. The average molecular weight is 445 g/mol. The van der Waals surface area contributed by atoms with Gasteiger partial charge in [-0.05, 0) is 44.2 Å². The van der Waals surface area contributed by atoms with E-state index in [2.05, 4.69) is 4.90 Å². The van der Waals surface area contributed by atoms with Gasteiger partial charge in [-0.15, -0.1) is 0 Å². The Morgan fingerprint density at radius 3 is 2.67 bits per heavy atom. The monoisotopic (exact) mass is 444 g/mol. The predicted octanol–water partition coefficient (Wildman–Crippen LogP) is 2.55. The van der Waals surface area contributed by atoms with E-state index in [-0.39, 0.29) is 23.1 Å². The van der Waals surface area contributed by atoms with Crippen LogP contribution in [-0.2, 0) is 16.6 Å². The number of nitriles is 1. The van der Waals surface area contributed by atoms with Crippen LogP contribution in [0.5, 0.6) is 0 Å². The molecule has 158 valence electrons. The number of carbonyl (C=O) groups is 1. The van der Waals surface area contributed by atoms with Crippen molar-refractivity contribution < 1.29 is 9.53 Å². The van der Waals surface area contributed by atoms with Crippen LogP contribution in [-0.4, -0.2) is 52.0 Å². The summed E-state index contributed by atoms with van der Waals surface area (Å²) in [5.74, 6) is 0.623. The van der Waals surface area contributed by atoms with Crippen molar-refractivity contribution in [3.05, 3.63) is 31.9 Å². The lowest BCUT2D eigenvalue weighted by Crippen LogP contribution is -2.35. The molecule has 0 N–H and O–H groups in total. The maximum absolute atomic E-state index is 13.1. The molecule has 0 aliphatic carbocycles. The zero-order chi connectivity index (χ0) is 21.4. The molecule has 3 aliphatic rings. The third kappa shape index (κ3) is 3.68. The smallest absolute Gasteiger partial charge is 0.270 e. The van der Waals surface area contributed by atoms with E-state index in [1.807, 2.05) is 6.07 Å². The number of thioether (sulfide) groups is 1. The first-order valence-electron chi connectivity index (χ1n) is 10.2. The minimum Gasteiger partial charge on any atom is -0.376 e. The van der Waals surface area contributed by atoms with Crippen LogP contribution >= 0.6 is 24.0 Å². The van der Waals surface area contributed by atoms with Crippen LogP contribution in [0.15, 0.2) is 9.70 Å². The lowest BCUT2D eigenvalue weighted by Gasteiger charge is -2.25. The van der Waals surface area contributed by atoms with Gasteiger partial charge in [0.1, 0.15) is 21.8 Å². The molecule has 1 atom stereocenters. The lowest BCUT2D eigenvalue weighted by atomic mass is 10.0. The van der Waals surface area contributed by atoms with E-state index < -0.39 is 0 Å². The van der Waals surface area contributed by atoms with Crippen LogP contribution in [0.25, 0.3) is 6.08 Å². The minimum atomic E-state index is -0.306. The molecule has 1 aromatic heterocycles. The highest BCUT2D eigenvalue weighted by Gasteiger charge is 2.35.